The molecule has 1 atom stereocenters. The first-order valence-corrected chi connectivity index (χ1v) is 13.5. The van der Waals surface area contributed by atoms with E-state index >= 15 is 4.57 Å². The Kier molecular flexibility index (Phi) is 7.74. The maximum absolute atomic E-state index is 15.1. The van der Waals surface area contributed by atoms with Gasteiger partial charge in [-0.2, -0.15) is 0 Å². The van der Waals surface area contributed by atoms with Gasteiger partial charge in [-0.15, -0.1) is 25.3 Å². The summed E-state index contributed by atoms with van der Waals surface area (Å²) in [5, 5.41) is 0.400. The highest BCUT2D eigenvalue weighted by Gasteiger charge is 2.42. The van der Waals surface area contributed by atoms with E-state index in [1.807, 2.05) is 0 Å². The van der Waals surface area contributed by atoms with E-state index < -0.39 is 18.4 Å². The molecule has 0 radical (unpaired) electrons. The molecule has 0 bridgehead atoms. The normalized spacial score (nSPS) is 12.4. The number of ketones is 1. The minimum atomic E-state index is -4.13. The molecule has 0 aliphatic rings. The van der Waals surface area contributed by atoms with Crippen molar-refractivity contribution in [3.63, 3.8) is 0 Å². The minimum absolute atomic E-state index is 0.0430. The van der Waals surface area contributed by atoms with Gasteiger partial charge in [-0.25, -0.2) is 0 Å². The van der Waals surface area contributed by atoms with Crippen LogP contribution < -0.4 is 20.1 Å². The fourth-order valence-electron chi connectivity index (χ4n) is 4.06. The average molecular weight is 535 g/mol. The highest BCUT2D eigenvalue weighted by atomic mass is 32.1. The third-order valence-corrected chi connectivity index (χ3v) is 9.42. The van der Waals surface area contributed by atoms with E-state index in [-0.39, 0.29) is 38.8 Å². The van der Waals surface area contributed by atoms with Gasteiger partial charge in [-0.1, -0.05) is 60.7 Å². The Hall–Kier alpha value is -3.25. The van der Waals surface area contributed by atoms with Crippen molar-refractivity contribution in [3.8, 4) is 11.5 Å². The van der Waals surface area contributed by atoms with Crippen molar-refractivity contribution in [1.82, 2.24) is 0 Å². The summed E-state index contributed by atoms with van der Waals surface area (Å²) in [4.78, 5) is 29.0. The topological polar surface area (TPSA) is 69.7 Å². The van der Waals surface area contributed by atoms with Gasteiger partial charge >= 0.3 is 0 Å². The minimum Gasteiger partial charge on any atom is -0.496 e. The number of ether oxygens (including phenoxy) is 2. The Morgan fingerprint density at radius 1 is 0.667 bits per heavy atom. The Labute approximate surface area is 220 Å². The van der Waals surface area contributed by atoms with Gasteiger partial charge in [0, 0.05) is 31.5 Å². The summed E-state index contributed by atoms with van der Waals surface area (Å²) in [6.45, 7) is 0. The number of hydrogen-bond acceptors (Lipinski definition) is 7. The zero-order valence-electron chi connectivity index (χ0n) is 19.5. The SMILES string of the molecule is COc1cccc(OC)c1C(=O)P(=O)(c1ccccc1)c1ccccc1C(=O)c1c(S)cccc1S. The van der Waals surface area contributed by atoms with Gasteiger partial charge in [0.2, 0.25) is 12.7 Å². The molecule has 5 nitrogen and oxygen atoms in total. The number of carbonyl (C=O) groups excluding carboxylic acids is 2. The molecule has 4 aromatic carbocycles. The van der Waals surface area contributed by atoms with Crippen molar-refractivity contribution < 1.29 is 23.6 Å². The van der Waals surface area contributed by atoms with Crippen molar-refractivity contribution in [2.75, 3.05) is 14.2 Å². The highest BCUT2D eigenvalue weighted by Crippen LogP contribution is 2.51. The van der Waals surface area contributed by atoms with E-state index in [0.29, 0.717) is 9.79 Å². The monoisotopic (exact) mass is 534 g/mol. The molecule has 0 saturated heterocycles. The van der Waals surface area contributed by atoms with Crippen LogP contribution in [0.25, 0.3) is 0 Å². The maximum atomic E-state index is 15.1. The summed E-state index contributed by atoms with van der Waals surface area (Å²) >= 11 is 8.89. The Morgan fingerprint density at radius 3 is 1.78 bits per heavy atom. The van der Waals surface area contributed by atoms with Gasteiger partial charge in [-0.3, -0.25) is 9.59 Å². The number of thiol groups is 2. The van der Waals surface area contributed by atoms with Gasteiger partial charge in [-0.05, 0) is 30.3 Å². The van der Waals surface area contributed by atoms with E-state index in [4.69, 9.17) is 9.47 Å². The summed E-state index contributed by atoms with van der Waals surface area (Å²) in [5.74, 6) is 0.00692. The first-order valence-electron chi connectivity index (χ1n) is 10.9. The van der Waals surface area contributed by atoms with E-state index in [9.17, 15) is 9.59 Å². The zero-order chi connectivity index (χ0) is 25.9. The van der Waals surface area contributed by atoms with Crippen molar-refractivity contribution in [3.05, 3.63) is 108 Å². The van der Waals surface area contributed by atoms with E-state index in [1.54, 1.807) is 91.0 Å². The summed E-state index contributed by atoms with van der Waals surface area (Å²) in [6.07, 6.45) is 0. The molecular formula is C28H23O5PS2. The van der Waals surface area contributed by atoms with Gasteiger partial charge in [0.05, 0.1) is 14.2 Å². The van der Waals surface area contributed by atoms with Crippen LogP contribution in [0.5, 0.6) is 11.5 Å². The van der Waals surface area contributed by atoms with Crippen LogP contribution in [0, 0.1) is 0 Å². The summed E-state index contributed by atoms with van der Waals surface area (Å²) < 4.78 is 26.0. The lowest BCUT2D eigenvalue weighted by molar-refractivity contribution is 0.103. The number of hydrogen-bond donors (Lipinski definition) is 2. The number of benzene rings is 4. The van der Waals surface area contributed by atoms with Crippen LogP contribution in [0.3, 0.4) is 0 Å². The molecule has 0 amide bonds. The lowest BCUT2D eigenvalue weighted by Crippen LogP contribution is -2.28. The third-order valence-electron chi connectivity index (χ3n) is 5.78. The molecule has 182 valence electrons. The van der Waals surface area contributed by atoms with Crippen LogP contribution in [-0.4, -0.2) is 25.5 Å². The van der Waals surface area contributed by atoms with Gasteiger partial charge in [0.25, 0.3) is 0 Å². The molecule has 0 spiro atoms. The van der Waals surface area contributed by atoms with Crippen molar-refractivity contribution in [1.29, 1.82) is 0 Å². The first-order chi connectivity index (χ1) is 17.3. The second-order valence-corrected chi connectivity index (χ2v) is 11.4. The van der Waals surface area contributed by atoms with E-state index in [0.717, 1.165) is 0 Å². The molecule has 36 heavy (non-hydrogen) atoms. The summed E-state index contributed by atoms with van der Waals surface area (Å²) in [7, 11) is -1.28. The summed E-state index contributed by atoms with van der Waals surface area (Å²) in [6, 6.07) is 24.8. The molecule has 0 aromatic heterocycles. The Bertz CT molecular complexity index is 1460. The smallest absolute Gasteiger partial charge is 0.237 e. The first kappa shape index (κ1) is 25.8. The molecule has 1 unspecified atom stereocenters. The van der Waals surface area contributed by atoms with Gasteiger partial charge in [0.1, 0.15) is 17.1 Å². The molecule has 0 N–H and O–H groups in total. The van der Waals surface area contributed by atoms with Crippen molar-refractivity contribution >= 4 is 54.3 Å². The standard InChI is InChI=1S/C28H23O5PS2/c1-32-20-13-8-14-21(33-2)25(20)28(30)34(31,18-10-4-3-5-11-18)22-15-7-6-12-19(22)27(29)26-23(35)16-9-17-24(26)36/h3-17,35-36H,1-2H3. The predicted molar refractivity (Wildman–Crippen MR) is 148 cm³/mol. The van der Waals surface area contributed by atoms with Crippen LogP contribution in [-0.2, 0) is 4.57 Å². The maximum Gasteiger partial charge on any atom is 0.237 e. The molecule has 0 aliphatic carbocycles. The second-order valence-electron chi connectivity index (χ2n) is 7.81. The second kappa shape index (κ2) is 10.8. The fraction of sp³-hybridized carbons (Fsp3) is 0.0714. The fourth-order valence-corrected chi connectivity index (χ4v) is 7.43. The quantitative estimate of drug-likeness (QED) is 0.173. The van der Waals surface area contributed by atoms with E-state index in [1.165, 1.54) is 14.2 Å². The molecule has 0 aliphatic heterocycles. The average Bonchev–Trinajstić information content (AvgIpc) is 2.92. The Morgan fingerprint density at radius 2 is 1.19 bits per heavy atom. The van der Waals surface area contributed by atoms with Crippen LogP contribution in [0.2, 0.25) is 0 Å². The van der Waals surface area contributed by atoms with Crippen LogP contribution >= 0.6 is 32.4 Å². The molecule has 0 saturated carbocycles. The molecular weight excluding hydrogens is 511 g/mol. The lowest BCUT2D eigenvalue weighted by atomic mass is 10.0. The van der Waals surface area contributed by atoms with Crippen LogP contribution in [0.4, 0.5) is 0 Å². The number of carbonyl (C=O) groups is 2. The Balaban J connectivity index is 2.03. The van der Waals surface area contributed by atoms with Crippen molar-refractivity contribution in [2.45, 2.75) is 9.79 Å². The van der Waals surface area contributed by atoms with Crippen LogP contribution in [0.1, 0.15) is 26.3 Å². The number of methoxy groups -OCH3 is 2. The highest BCUT2D eigenvalue weighted by molar-refractivity contribution is 7.93. The third kappa shape index (κ3) is 4.50. The summed E-state index contributed by atoms with van der Waals surface area (Å²) in [5.41, 5.74) is -0.267. The van der Waals surface area contributed by atoms with Gasteiger partial charge < -0.3 is 14.0 Å². The van der Waals surface area contributed by atoms with Gasteiger partial charge in [0.15, 0.2) is 5.78 Å². The largest absolute Gasteiger partial charge is 0.496 e. The molecule has 4 rings (SSSR count). The zero-order valence-corrected chi connectivity index (χ0v) is 22.2. The van der Waals surface area contributed by atoms with Crippen molar-refractivity contribution in [2.24, 2.45) is 0 Å². The van der Waals surface area contributed by atoms with Crippen LogP contribution in [0.15, 0.2) is 101 Å². The number of rotatable bonds is 8. The molecule has 0 heterocycles. The molecule has 8 heteroatoms. The lowest BCUT2D eigenvalue weighted by Gasteiger charge is -2.23. The molecule has 0 fully saturated rings. The predicted octanol–water partition coefficient (Wildman–Crippen LogP) is 5.67. The van der Waals surface area contributed by atoms with E-state index in [2.05, 4.69) is 25.3 Å². The molecule has 4 aromatic rings.